The third kappa shape index (κ3) is 5.24. The highest BCUT2D eigenvalue weighted by atomic mass is 16.1. The third-order valence-corrected chi connectivity index (χ3v) is 5.74. The van der Waals surface area contributed by atoms with Crippen molar-refractivity contribution in [1.82, 2.24) is 16.0 Å². The van der Waals surface area contributed by atoms with Crippen molar-refractivity contribution in [3.63, 3.8) is 0 Å². The number of hydrogen-bond acceptors (Lipinski definition) is 2. The Morgan fingerprint density at radius 2 is 1.93 bits per heavy atom. The summed E-state index contributed by atoms with van der Waals surface area (Å²) in [5.41, 5.74) is 2.80. The quantitative estimate of drug-likeness (QED) is 0.551. The maximum Gasteiger partial charge on any atom is 0.223 e. The number of amides is 1. The number of aryl methyl sites for hydroxylation is 1. The van der Waals surface area contributed by atoms with Crippen LogP contribution in [0, 0.1) is 12.8 Å². The molecule has 5 nitrogen and oxygen atoms in total. The molecule has 0 radical (unpaired) electrons. The lowest BCUT2D eigenvalue weighted by molar-refractivity contribution is -0.126. The van der Waals surface area contributed by atoms with Crippen LogP contribution in [0.3, 0.4) is 0 Å². The highest BCUT2D eigenvalue weighted by molar-refractivity contribution is 5.81. The van der Waals surface area contributed by atoms with Crippen LogP contribution >= 0.6 is 0 Å². The fourth-order valence-corrected chi connectivity index (χ4v) is 4.20. The van der Waals surface area contributed by atoms with E-state index < -0.39 is 0 Å². The second-order valence-corrected chi connectivity index (χ2v) is 8.39. The summed E-state index contributed by atoms with van der Waals surface area (Å²) >= 11 is 0. The maximum atomic E-state index is 12.3. The van der Waals surface area contributed by atoms with Crippen LogP contribution in [0.4, 0.5) is 0 Å². The molecule has 0 heterocycles. The van der Waals surface area contributed by atoms with E-state index in [1.807, 2.05) is 20.9 Å². The third-order valence-electron chi connectivity index (χ3n) is 5.74. The number of aliphatic imine (C=N–C) groups is 1. The molecule has 4 unspecified atom stereocenters. The van der Waals surface area contributed by atoms with Crippen molar-refractivity contribution in [2.75, 3.05) is 7.05 Å². The minimum absolute atomic E-state index is 0.109. The SMILES string of the molecule is CN=C(NC1CCCC(C(=O)NC(C)C)C1)NC1CC1c1ccccc1C. The standard InChI is InChI=1S/C22H34N4O/c1-14(2)24-21(27)16-9-7-10-17(12-16)25-22(23-4)26-20-13-19(20)18-11-6-5-8-15(18)3/h5-6,8,11,14,16-17,19-20H,7,9-10,12-13H2,1-4H3,(H,24,27)(H2,23,25,26). The first-order valence-corrected chi connectivity index (χ1v) is 10.3. The minimum atomic E-state index is 0.109. The molecule has 27 heavy (non-hydrogen) atoms. The van der Waals surface area contributed by atoms with Crippen LogP contribution in [0.2, 0.25) is 0 Å². The van der Waals surface area contributed by atoms with Crippen molar-refractivity contribution in [1.29, 1.82) is 0 Å². The molecule has 2 aliphatic carbocycles. The normalized spacial score (nSPS) is 28.0. The Hall–Kier alpha value is -2.04. The van der Waals surface area contributed by atoms with E-state index in [9.17, 15) is 4.79 Å². The average Bonchev–Trinajstić information content (AvgIpc) is 3.40. The average molecular weight is 371 g/mol. The number of guanidine groups is 1. The highest BCUT2D eigenvalue weighted by Gasteiger charge is 2.40. The Bertz CT molecular complexity index is 685. The van der Waals surface area contributed by atoms with Gasteiger partial charge in [0.15, 0.2) is 5.96 Å². The molecule has 0 saturated heterocycles. The van der Waals surface area contributed by atoms with Gasteiger partial charge in [-0.1, -0.05) is 30.7 Å². The summed E-state index contributed by atoms with van der Waals surface area (Å²) in [5.74, 6) is 1.74. The highest BCUT2D eigenvalue weighted by Crippen LogP contribution is 2.42. The number of carbonyl (C=O) groups is 1. The van der Waals surface area contributed by atoms with Crippen LogP contribution in [0.5, 0.6) is 0 Å². The van der Waals surface area contributed by atoms with Crippen LogP contribution in [0.15, 0.2) is 29.3 Å². The molecule has 2 fully saturated rings. The molecule has 0 bridgehead atoms. The van der Waals surface area contributed by atoms with Gasteiger partial charge in [0.25, 0.3) is 0 Å². The zero-order valence-electron chi connectivity index (χ0n) is 17.1. The number of hydrogen-bond donors (Lipinski definition) is 3. The Morgan fingerprint density at radius 3 is 2.63 bits per heavy atom. The molecule has 2 aliphatic rings. The smallest absolute Gasteiger partial charge is 0.223 e. The van der Waals surface area contributed by atoms with Gasteiger partial charge in [0.2, 0.25) is 5.91 Å². The van der Waals surface area contributed by atoms with Gasteiger partial charge in [0.05, 0.1) is 0 Å². The van der Waals surface area contributed by atoms with Gasteiger partial charge in [-0.2, -0.15) is 0 Å². The van der Waals surface area contributed by atoms with Gasteiger partial charge in [-0.3, -0.25) is 9.79 Å². The van der Waals surface area contributed by atoms with Gasteiger partial charge in [-0.25, -0.2) is 0 Å². The van der Waals surface area contributed by atoms with Crippen LogP contribution < -0.4 is 16.0 Å². The molecule has 0 spiro atoms. The summed E-state index contributed by atoms with van der Waals surface area (Å²) in [5, 5.41) is 10.2. The number of nitrogens with one attached hydrogen (secondary N) is 3. The van der Waals surface area contributed by atoms with Crippen LogP contribution in [0.25, 0.3) is 0 Å². The molecular formula is C22H34N4O. The molecular weight excluding hydrogens is 336 g/mol. The molecule has 2 saturated carbocycles. The molecule has 3 N–H and O–H groups in total. The van der Waals surface area contributed by atoms with Crippen molar-refractivity contribution < 1.29 is 4.79 Å². The van der Waals surface area contributed by atoms with E-state index in [1.54, 1.807) is 0 Å². The van der Waals surface area contributed by atoms with Gasteiger partial charge in [0.1, 0.15) is 0 Å². The fraction of sp³-hybridized carbons (Fsp3) is 0.636. The Kier molecular flexibility index (Phi) is 6.40. The summed E-state index contributed by atoms with van der Waals surface area (Å²) < 4.78 is 0. The second kappa shape index (κ2) is 8.77. The van der Waals surface area contributed by atoms with Crippen molar-refractivity contribution >= 4 is 11.9 Å². The van der Waals surface area contributed by atoms with Gasteiger partial charge < -0.3 is 16.0 Å². The van der Waals surface area contributed by atoms with Crippen molar-refractivity contribution in [2.45, 2.75) is 76.9 Å². The first-order chi connectivity index (χ1) is 13.0. The van der Waals surface area contributed by atoms with Crippen molar-refractivity contribution in [2.24, 2.45) is 10.9 Å². The summed E-state index contributed by atoms with van der Waals surface area (Å²) in [6.07, 6.45) is 5.19. The van der Waals surface area contributed by atoms with Crippen LogP contribution in [-0.4, -0.2) is 37.0 Å². The number of carbonyl (C=O) groups excluding carboxylic acids is 1. The van der Waals surface area contributed by atoms with E-state index in [2.05, 4.69) is 52.1 Å². The van der Waals surface area contributed by atoms with Gasteiger partial charge in [-0.05, 0) is 57.6 Å². The molecule has 148 valence electrons. The van der Waals surface area contributed by atoms with E-state index in [0.29, 0.717) is 18.0 Å². The van der Waals surface area contributed by atoms with E-state index in [1.165, 1.54) is 11.1 Å². The summed E-state index contributed by atoms with van der Waals surface area (Å²) in [4.78, 5) is 16.8. The van der Waals surface area contributed by atoms with Gasteiger partial charge >= 0.3 is 0 Å². The largest absolute Gasteiger partial charge is 0.354 e. The molecule has 0 aliphatic heterocycles. The van der Waals surface area contributed by atoms with Crippen molar-refractivity contribution in [3.05, 3.63) is 35.4 Å². The second-order valence-electron chi connectivity index (χ2n) is 8.39. The maximum absolute atomic E-state index is 12.3. The van der Waals surface area contributed by atoms with Gasteiger partial charge in [-0.15, -0.1) is 0 Å². The number of benzene rings is 1. The lowest BCUT2D eigenvalue weighted by atomic mass is 9.85. The topological polar surface area (TPSA) is 65.5 Å². The predicted octanol–water partition coefficient (Wildman–Crippen LogP) is 3.10. The molecule has 1 aromatic rings. The van der Waals surface area contributed by atoms with Crippen LogP contribution in [-0.2, 0) is 4.79 Å². The lowest BCUT2D eigenvalue weighted by Crippen LogP contribution is -2.48. The van der Waals surface area contributed by atoms with E-state index in [0.717, 1.165) is 38.1 Å². The first kappa shape index (κ1) is 19.7. The molecule has 1 aromatic carbocycles. The first-order valence-electron chi connectivity index (χ1n) is 10.3. The predicted molar refractivity (Wildman–Crippen MR) is 111 cm³/mol. The van der Waals surface area contributed by atoms with E-state index >= 15 is 0 Å². The summed E-state index contributed by atoms with van der Waals surface area (Å²) in [6, 6.07) is 9.59. The minimum Gasteiger partial charge on any atom is -0.354 e. The van der Waals surface area contributed by atoms with Crippen molar-refractivity contribution in [3.8, 4) is 0 Å². The Morgan fingerprint density at radius 1 is 1.15 bits per heavy atom. The van der Waals surface area contributed by atoms with E-state index in [4.69, 9.17) is 0 Å². The molecule has 1 amide bonds. The monoisotopic (exact) mass is 370 g/mol. The molecule has 5 heteroatoms. The van der Waals surface area contributed by atoms with Gasteiger partial charge in [0, 0.05) is 37.0 Å². The summed E-state index contributed by atoms with van der Waals surface area (Å²) in [7, 11) is 1.83. The van der Waals surface area contributed by atoms with Crippen LogP contribution in [0.1, 0.15) is 63.0 Å². The number of nitrogens with zero attached hydrogens (tertiary/aromatic N) is 1. The molecule has 0 aromatic heterocycles. The molecule has 4 atom stereocenters. The zero-order valence-corrected chi connectivity index (χ0v) is 17.1. The lowest BCUT2D eigenvalue weighted by Gasteiger charge is -2.30. The Labute approximate surface area is 163 Å². The number of rotatable bonds is 5. The zero-order chi connectivity index (χ0) is 19.4. The summed E-state index contributed by atoms with van der Waals surface area (Å²) in [6.45, 7) is 6.22. The fourth-order valence-electron chi connectivity index (χ4n) is 4.20. The molecule has 3 rings (SSSR count). The van der Waals surface area contributed by atoms with E-state index in [-0.39, 0.29) is 17.9 Å². The Balaban J connectivity index is 1.51.